The maximum Gasteiger partial charge on any atom is 0.301 e. The summed E-state index contributed by atoms with van der Waals surface area (Å²) < 4.78 is 6.57. The van der Waals surface area contributed by atoms with E-state index in [1.54, 1.807) is 36.4 Å². The van der Waals surface area contributed by atoms with E-state index >= 15 is 0 Å². The summed E-state index contributed by atoms with van der Waals surface area (Å²) in [4.78, 5) is 32.8. The molecule has 3 aromatic carbocycles. The van der Waals surface area contributed by atoms with E-state index in [0.717, 1.165) is 21.3 Å². The summed E-state index contributed by atoms with van der Waals surface area (Å²) in [7, 11) is 0. The number of phenolic OH excluding ortho intramolecular Hbond substituents is 1. The lowest BCUT2D eigenvalue weighted by Gasteiger charge is -2.23. The van der Waals surface area contributed by atoms with Crippen LogP contribution < -0.4 is 9.64 Å². The lowest BCUT2D eigenvalue weighted by atomic mass is 9.95. The van der Waals surface area contributed by atoms with E-state index < -0.39 is 17.7 Å². The summed E-state index contributed by atoms with van der Waals surface area (Å²) in [5.74, 6) is -1.19. The van der Waals surface area contributed by atoms with Crippen LogP contribution >= 0.6 is 11.3 Å². The zero-order valence-corrected chi connectivity index (χ0v) is 21.7. The molecule has 1 aliphatic heterocycles. The summed E-state index contributed by atoms with van der Waals surface area (Å²) >= 11 is 1.31. The standard InChI is InChI=1S/C29H26N2O5S/c1-15(2)36-21-11-7-19(8-12-21)26(33)24-25(18-5-9-20(32)10-6-18)31(28(35)27(24)34)29-30-22-13-16(3)17(4)14-23(22)37-29/h5-15,25,32-33H,1-4H3/b26-24+. The number of aliphatic hydroxyl groups is 1. The number of fused-ring (bicyclic) bond motifs is 1. The molecule has 1 amide bonds. The molecule has 0 bridgehead atoms. The number of anilines is 1. The number of aromatic hydroxyl groups is 1. The van der Waals surface area contributed by atoms with Gasteiger partial charge < -0.3 is 14.9 Å². The van der Waals surface area contributed by atoms with Gasteiger partial charge in [-0.2, -0.15) is 0 Å². The Bertz CT molecular complexity index is 1510. The van der Waals surface area contributed by atoms with E-state index in [1.165, 1.54) is 28.4 Å². The number of phenols is 1. The monoisotopic (exact) mass is 514 g/mol. The number of Topliss-reactive ketones (excluding diaryl/α,β-unsaturated/α-hetero) is 1. The summed E-state index contributed by atoms with van der Waals surface area (Å²) in [5, 5.41) is 21.5. The number of nitrogens with zero attached hydrogens (tertiary/aromatic N) is 2. The van der Waals surface area contributed by atoms with E-state index in [-0.39, 0.29) is 23.2 Å². The van der Waals surface area contributed by atoms with Gasteiger partial charge in [-0.3, -0.25) is 14.5 Å². The molecule has 1 saturated heterocycles. The van der Waals surface area contributed by atoms with E-state index in [9.17, 15) is 19.8 Å². The number of benzene rings is 3. The van der Waals surface area contributed by atoms with Crippen LogP contribution in [0.4, 0.5) is 5.13 Å². The molecule has 1 aromatic heterocycles. The number of rotatable bonds is 5. The zero-order chi connectivity index (χ0) is 26.4. The van der Waals surface area contributed by atoms with Gasteiger partial charge in [0.25, 0.3) is 5.78 Å². The predicted molar refractivity (Wildman–Crippen MR) is 144 cm³/mol. The first-order valence-corrected chi connectivity index (χ1v) is 12.7. The summed E-state index contributed by atoms with van der Waals surface area (Å²) in [6, 6.07) is 16.0. The largest absolute Gasteiger partial charge is 0.508 e. The molecular formula is C29H26N2O5S. The lowest BCUT2D eigenvalue weighted by Crippen LogP contribution is -2.29. The van der Waals surface area contributed by atoms with Crippen LogP contribution in [0, 0.1) is 13.8 Å². The van der Waals surface area contributed by atoms with Crippen molar-refractivity contribution in [3.05, 3.63) is 88.5 Å². The first-order valence-electron chi connectivity index (χ1n) is 11.9. The third kappa shape index (κ3) is 4.44. The smallest absolute Gasteiger partial charge is 0.301 e. The average Bonchev–Trinajstić information content (AvgIpc) is 3.37. The molecule has 1 unspecified atom stereocenters. The van der Waals surface area contributed by atoms with Crippen LogP contribution in [-0.2, 0) is 9.59 Å². The zero-order valence-electron chi connectivity index (χ0n) is 20.9. The lowest BCUT2D eigenvalue weighted by molar-refractivity contribution is -0.132. The number of ether oxygens (including phenoxy) is 1. The van der Waals surface area contributed by atoms with Crippen molar-refractivity contribution < 1.29 is 24.5 Å². The minimum atomic E-state index is -0.921. The molecule has 0 aliphatic carbocycles. The van der Waals surface area contributed by atoms with Crippen molar-refractivity contribution in [2.75, 3.05) is 4.90 Å². The average molecular weight is 515 g/mol. The van der Waals surface area contributed by atoms with E-state index in [4.69, 9.17) is 4.74 Å². The molecule has 37 heavy (non-hydrogen) atoms. The van der Waals surface area contributed by atoms with Crippen molar-refractivity contribution in [2.45, 2.75) is 39.8 Å². The molecule has 0 radical (unpaired) electrons. The van der Waals surface area contributed by atoms with Crippen LogP contribution in [0.25, 0.3) is 16.0 Å². The van der Waals surface area contributed by atoms with Crippen molar-refractivity contribution in [1.29, 1.82) is 0 Å². The third-order valence-electron chi connectivity index (χ3n) is 6.35. The molecule has 1 atom stereocenters. The van der Waals surface area contributed by atoms with Gasteiger partial charge in [0.15, 0.2) is 5.13 Å². The fourth-order valence-electron chi connectivity index (χ4n) is 4.39. The van der Waals surface area contributed by atoms with Crippen molar-refractivity contribution >= 4 is 44.1 Å². The molecule has 0 saturated carbocycles. The van der Waals surface area contributed by atoms with Crippen LogP contribution in [0.2, 0.25) is 0 Å². The van der Waals surface area contributed by atoms with Gasteiger partial charge in [0, 0.05) is 5.56 Å². The fraction of sp³-hybridized carbons (Fsp3) is 0.207. The second-order valence-electron chi connectivity index (χ2n) is 9.35. The predicted octanol–water partition coefficient (Wildman–Crippen LogP) is 6.03. The minimum Gasteiger partial charge on any atom is -0.508 e. The number of thiazole rings is 1. The fourth-order valence-corrected chi connectivity index (χ4v) is 5.46. The van der Waals surface area contributed by atoms with Crippen molar-refractivity contribution in [3.8, 4) is 11.5 Å². The summed E-state index contributed by atoms with van der Waals surface area (Å²) in [6.07, 6.45) is -0.0133. The van der Waals surface area contributed by atoms with Gasteiger partial charge in [0.05, 0.1) is 27.9 Å². The molecule has 2 N–H and O–H groups in total. The molecule has 7 nitrogen and oxygen atoms in total. The third-order valence-corrected chi connectivity index (χ3v) is 7.37. The maximum absolute atomic E-state index is 13.4. The number of aryl methyl sites for hydroxylation is 2. The number of aliphatic hydroxyl groups excluding tert-OH is 1. The molecule has 5 rings (SSSR count). The molecule has 1 aliphatic rings. The molecule has 2 heterocycles. The Morgan fingerprint density at radius 3 is 2.30 bits per heavy atom. The highest BCUT2D eigenvalue weighted by atomic mass is 32.1. The van der Waals surface area contributed by atoms with Crippen molar-refractivity contribution in [3.63, 3.8) is 0 Å². The van der Waals surface area contributed by atoms with Crippen LogP contribution in [0.5, 0.6) is 11.5 Å². The Balaban J connectivity index is 1.66. The minimum absolute atomic E-state index is 0.0133. The first kappa shape index (κ1) is 24.5. The Kier molecular flexibility index (Phi) is 6.21. The molecule has 0 spiro atoms. The van der Waals surface area contributed by atoms with Gasteiger partial charge in [0.2, 0.25) is 0 Å². The summed E-state index contributed by atoms with van der Waals surface area (Å²) in [6.45, 7) is 7.83. The van der Waals surface area contributed by atoms with Gasteiger partial charge >= 0.3 is 5.91 Å². The van der Waals surface area contributed by atoms with Gasteiger partial charge in [-0.05, 0) is 92.9 Å². The van der Waals surface area contributed by atoms with Crippen LogP contribution in [0.3, 0.4) is 0 Å². The molecule has 1 fully saturated rings. The molecule has 4 aromatic rings. The van der Waals surface area contributed by atoms with E-state index in [0.29, 0.717) is 22.0 Å². The quantitative estimate of drug-likeness (QED) is 0.192. The van der Waals surface area contributed by atoms with E-state index in [1.807, 2.05) is 39.8 Å². The van der Waals surface area contributed by atoms with Crippen molar-refractivity contribution in [1.82, 2.24) is 4.98 Å². The Morgan fingerprint density at radius 1 is 1.00 bits per heavy atom. The highest BCUT2D eigenvalue weighted by molar-refractivity contribution is 7.22. The molecule has 8 heteroatoms. The normalized spacial score (nSPS) is 17.2. The number of carbonyl (C=O) groups excluding carboxylic acids is 2. The van der Waals surface area contributed by atoms with E-state index in [2.05, 4.69) is 4.98 Å². The highest BCUT2D eigenvalue weighted by Gasteiger charge is 2.48. The van der Waals surface area contributed by atoms with Crippen LogP contribution in [0.15, 0.2) is 66.2 Å². The van der Waals surface area contributed by atoms with Gasteiger partial charge in [-0.25, -0.2) is 4.98 Å². The number of ketones is 1. The van der Waals surface area contributed by atoms with Crippen LogP contribution in [-0.4, -0.2) is 33.0 Å². The van der Waals surface area contributed by atoms with Crippen LogP contribution in [0.1, 0.15) is 42.1 Å². The topological polar surface area (TPSA) is 100.0 Å². The van der Waals surface area contributed by atoms with Crippen molar-refractivity contribution in [2.24, 2.45) is 0 Å². The number of amides is 1. The Morgan fingerprint density at radius 2 is 1.65 bits per heavy atom. The summed E-state index contributed by atoms with van der Waals surface area (Å²) in [5.41, 5.74) is 3.81. The number of hydrogen-bond acceptors (Lipinski definition) is 7. The van der Waals surface area contributed by atoms with Gasteiger partial charge in [-0.1, -0.05) is 23.5 Å². The highest BCUT2D eigenvalue weighted by Crippen LogP contribution is 2.44. The Labute approximate surface area is 218 Å². The number of hydrogen-bond donors (Lipinski definition) is 2. The molecule has 188 valence electrons. The van der Waals surface area contributed by atoms with Gasteiger partial charge in [0.1, 0.15) is 17.3 Å². The maximum atomic E-state index is 13.4. The second-order valence-corrected chi connectivity index (χ2v) is 10.4. The number of carbonyl (C=O) groups is 2. The SMILES string of the molecule is Cc1cc2nc(N3C(=O)C(=O)/C(=C(/O)c4ccc(OC(C)C)cc4)C3c3ccc(O)cc3)sc2cc1C. The van der Waals surface area contributed by atoms with Gasteiger partial charge in [-0.15, -0.1) is 0 Å². The second kappa shape index (κ2) is 9.37. The molecular weight excluding hydrogens is 488 g/mol. The first-order chi connectivity index (χ1) is 17.6. The Hall–Kier alpha value is -4.17. The number of aromatic nitrogens is 1.